The zero-order valence-corrected chi connectivity index (χ0v) is 19.5. The van der Waals surface area contributed by atoms with E-state index in [0.29, 0.717) is 23.5 Å². The minimum atomic E-state index is -0.169. The SMILES string of the molecule is CCCCOc1ccc(C(=O)Nc2ccc(-c3ccc4nnc(-c5cccs5)n4n3)cc2)cc1. The molecule has 0 saturated heterocycles. The molecule has 0 atom stereocenters. The second kappa shape index (κ2) is 9.84. The average Bonchev–Trinajstić information content (AvgIpc) is 3.54. The highest BCUT2D eigenvalue weighted by Gasteiger charge is 2.12. The van der Waals surface area contributed by atoms with E-state index in [9.17, 15) is 4.79 Å². The number of thiophene rings is 1. The van der Waals surface area contributed by atoms with Gasteiger partial charge in [-0.25, -0.2) is 0 Å². The number of aromatic nitrogens is 4. The Morgan fingerprint density at radius 1 is 1.00 bits per heavy atom. The molecular weight excluding hydrogens is 446 g/mol. The number of anilines is 1. The van der Waals surface area contributed by atoms with Gasteiger partial charge in [0.1, 0.15) is 5.75 Å². The molecule has 0 unspecified atom stereocenters. The minimum Gasteiger partial charge on any atom is -0.494 e. The minimum absolute atomic E-state index is 0.169. The van der Waals surface area contributed by atoms with Crippen molar-refractivity contribution in [3.05, 3.63) is 83.7 Å². The molecule has 0 aliphatic carbocycles. The van der Waals surface area contributed by atoms with Gasteiger partial charge in [0.2, 0.25) is 0 Å². The van der Waals surface area contributed by atoms with Crippen LogP contribution in [0, 0.1) is 0 Å². The summed E-state index contributed by atoms with van der Waals surface area (Å²) in [5.41, 5.74) is 3.70. The first-order valence-electron chi connectivity index (χ1n) is 11.1. The Balaban J connectivity index is 1.29. The quantitative estimate of drug-likeness (QED) is 0.284. The first-order valence-corrected chi connectivity index (χ1v) is 12.0. The van der Waals surface area contributed by atoms with E-state index in [-0.39, 0.29) is 5.91 Å². The maximum atomic E-state index is 12.6. The Morgan fingerprint density at radius 3 is 2.56 bits per heavy atom. The number of carbonyl (C=O) groups is 1. The van der Waals surface area contributed by atoms with Crippen LogP contribution in [0.5, 0.6) is 5.75 Å². The van der Waals surface area contributed by atoms with E-state index in [1.165, 1.54) is 0 Å². The number of hydrogen-bond donors (Lipinski definition) is 1. The maximum Gasteiger partial charge on any atom is 0.255 e. The topological polar surface area (TPSA) is 81.4 Å². The molecular formula is C26H23N5O2S. The van der Waals surface area contributed by atoms with E-state index < -0.39 is 0 Å². The van der Waals surface area contributed by atoms with Gasteiger partial charge in [0.25, 0.3) is 5.91 Å². The molecule has 3 aromatic heterocycles. The third kappa shape index (κ3) is 4.67. The van der Waals surface area contributed by atoms with Crippen molar-refractivity contribution in [3.8, 4) is 27.7 Å². The zero-order valence-electron chi connectivity index (χ0n) is 18.6. The number of rotatable bonds is 8. The van der Waals surface area contributed by atoms with Crippen LogP contribution in [0.4, 0.5) is 5.69 Å². The lowest BCUT2D eigenvalue weighted by atomic mass is 10.1. The van der Waals surface area contributed by atoms with Gasteiger partial charge in [-0.1, -0.05) is 31.5 Å². The fourth-order valence-electron chi connectivity index (χ4n) is 3.47. The molecule has 0 fully saturated rings. The number of nitrogens with one attached hydrogen (secondary N) is 1. The molecule has 0 aliphatic rings. The van der Waals surface area contributed by atoms with Gasteiger partial charge in [-0.05, 0) is 66.4 Å². The summed E-state index contributed by atoms with van der Waals surface area (Å²) < 4.78 is 7.41. The third-order valence-corrected chi connectivity index (χ3v) is 6.19. The molecule has 0 spiro atoms. The van der Waals surface area contributed by atoms with E-state index in [0.717, 1.165) is 40.6 Å². The Hall–Kier alpha value is -4.04. The van der Waals surface area contributed by atoms with Crippen molar-refractivity contribution in [1.82, 2.24) is 19.8 Å². The molecule has 2 aromatic carbocycles. The molecule has 3 heterocycles. The molecule has 7 nitrogen and oxygen atoms in total. The van der Waals surface area contributed by atoms with Crippen LogP contribution in [0.15, 0.2) is 78.2 Å². The molecule has 0 bridgehead atoms. The van der Waals surface area contributed by atoms with Crippen molar-refractivity contribution < 1.29 is 9.53 Å². The smallest absolute Gasteiger partial charge is 0.255 e. The van der Waals surface area contributed by atoms with Gasteiger partial charge in [0.15, 0.2) is 11.5 Å². The molecule has 34 heavy (non-hydrogen) atoms. The normalized spacial score (nSPS) is 11.0. The van der Waals surface area contributed by atoms with Crippen molar-refractivity contribution in [2.24, 2.45) is 0 Å². The molecule has 1 amide bonds. The molecule has 0 saturated carbocycles. The van der Waals surface area contributed by atoms with Gasteiger partial charge < -0.3 is 10.1 Å². The Bertz CT molecular complexity index is 1390. The molecule has 1 N–H and O–H groups in total. The highest BCUT2D eigenvalue weighted by Crippen LogP contribution is 2.25. The fourth-order valence-corrected chi connectivity index (χ4v) is 4.16. The molecule has 0 aliphatic heterocycles. The summed E-state index contributed by atoms with van der Waals surface area (Å²) >= 11 is 1.60. The van der Waals surface area contributed by atoms with Crippen LogP contribution < -0.4 is 10.1 Å². The van der Waals surface area contributed by atoms with E-state index in [4.69, 9.17) is 9.84 Å². The second-order valence-electron chi connectivity index (χ2n) is 7.75. The average molecular weight is 470 g/mol. The van der Waals surface area contributed by atoms with Crippen molar-refractivity contribution >= 4 is 28.6 Å². The van der Waals surface area contributed by atoms with Crippen LogP contribution in [-0.4, -0.2) is 32.3 Å². The van der Waals surface area contributed by atoms with E-state index in [1.807, 2.05) is 66.0 Å². The van der Waals surface area contributed by atoms with Gasteiger partial charge in [-0.2, -0.15) is 9.61 Å². The summed E-state index contributed by atoms with van der Waals surface area (Å²) in [5, 5.41) is 18.2. The van der Waals surface area contributed by atoms with Crippen LogP contribution in [0.25, 0.3) is 27.6 Å². The van der Waals surface area contributed by atoms with Crippen molar-refractivity contribution in [2.75, 3.05) is 11.9 Å². The highest BCUT2D eigenvalue weighted by molar-refractivity contribution is 7.13. The second-order valence-corrected chi connectivity index (χ2v) is 8.70. The number of ether oxygens (including phenoxy) is 1. The van der Waals surface area contributed by atoms with Crippen LogP contribution in [0.3, 0.4) is 0 Å². The Kier molecular flexibility index (Phi) is 6.31. The first-order chi connectivity index (χ1) is 16.7. The summed E-state index contributed by atoms with van der Waals surface area (Å²) in [5.74, 6) is 1.32. The van der Waals surface area contributed by atoms with Crippen LogP contribution in [0.2, 0.25) is 0 Å². The van der Waals surface area contributed by atoms with E-state index in [1.54, 1.807) is 28.0 Å². The summed E-state index contributed by atoms with van der Waals surface area (Å²) in [7, 11) is 0. The summed E-state index contributed by atoms with van der Waals surface area (Å²) in [6, 6.07) is 22.6. The van der Waals surface area contributed by atoms with Gasteiger partial charge in [-0.15, -0.1) is 21.5 Å². The summed E-state index contributed by atoms with van der Waals surface area (Å²) in [6.07, 6.45) is 2.09. The maximum absolute atomic E-state index is 12.6. The summed E-state index contributed by atoms with van der Waals surface area (Å²) in [4.78, 5) is 13.6. The first kappa shape index (κ1) is 21.8. The van der Waals surface area contributed by atoms with Crippen LogP contribution >= 0.6 is 11.3 Å². The van der Waals surface area contributed by atoms with Gasteiger partial charge in [0, 0.05) is 16.8 Å². The highest BCUT2D eigenvalue weighted by atomic mass is 32.1. The number of unbranched alkanes of at least 4 members (excludes halogenated alkanes) is 1. The molecule has 170 valence electrons. The number of fused-ring (bicyclic) bond motifs is 1. The number of amides is 1. The standard InChI is InChI=1S/C26H23N5O2S/c1-2-3-16-33-21-12-8-19(9-13-21)26(32)27-20-10-6-18(7-11-20)22-14-15-24-28-29-25(31(24)30-22)23-5-4-17-34-23/h4-15,17H,2-3,16H2,1H3,(H,27,32). The lowest BCUT2D eigenvalue weighted by molar-refractivity contribution is 0.102. The van der Waals surface area contributed by atoms with Crippen LogP contribution in [-0.2, 0) is 0 Å². The lowest BCUT2D eigenvalue weighted by Crippen LogP contribution is -2.11. The number of carbonyl (C=O) groups excluding carboxylic acids is 1. The van der Waals surface area contributed by atoms with Crippen molar-refractivity contribution in [2.45, 2.75) is 19.8 Å². The molecule has 0 radical (unpaired) electrons. The van der Waals surface area contributed by atoms with Gasteiger partial charge in [-0.3, -0.25) is 4.79 Å². The molecule has 8 heteroatoms. The van der Waals surface area contributed by atoms with Gasteiger partial charge >= 0.3 is 0 Å². The van der Waals surface area contributed by atoms with Crippen molar-refractivity contribution in [1.29, 1.82) is 0 Å². The summed E-state index contributed by atoms with van der Waals surface area (Å²) in [6.45, 7) is 2.81. The third-order valence-electron chi connectivity index (χ3n) is 5.33. The van der Waals surface area contributed by atoms with Crippen LogP contribution in [0.1, 0.15) is 30.1 Å². The number of nitrogens with zero attached hydrogens (tertiary/aromatic N) is 4. The number of hydrogen-bond acceptors (Lipinski definition) is 6. The Morgan fingerprint density at radius 2 is 1.82 bits per heavy atom. The predicted octanol–water partition coefficient (Wildman–Crippen LogP) is 5.95. The predicted molar refractivity (Wildman–Crippen MR) is 134 cm³/mol. The van der Waals surface area contributed by atoms with Crippen molar-refractivity contribution in [3.63, 3.8) is 0 Å². The largest absolute Gasteiger partial charge is 0.494 e. The molecule has 5 aromatic rings. The van der Waals surface area contributed by atoms with Gasteiger partial charge in [0.05, 0.1) is 17.2 Å². The number of benzene rings is 2. The fraction of sp³-hybridized carbons (Fsp3) is 0.154. The monoisotopic (exact) mass is 469 g/mol. The molecule has 5 rings (SSSR count). The van der Waals surface area contributed by atoms with E-state index >= 15 is 0 Å². The van der Waals surface area contributed by atoms with E-state index in [2.05, 4.69) is 22.4 Å². The lowest BCUT2D eigenvalue weighted by Gasteiger charge is -2.08. The Labute approximate surface area is 201 Å². The zero-order chi connectivity index (χ0) is 23.3.